The summed E-state index contributed by atoms with van der Waals surface area (Å²) in [6, 6.07) is 0. The Morgan fingerprint density at radius 1 is 1.86 bits per heavy atom. The van der Waals surface area contributed by atoms with E-state index in [0.717, 1.165) is 0 Å². The van der Waals surface area contributed by atoms with Gasteiger partial charge in [-0.05, 0) is 6.92 Å². The smallest absolute Gasteiger partial charge is 0.309 e. The fourth-order valence-corrected chi connectivity index (χ4v) is 0.449. The molecule has 0 spiro atoms. The fourth-order valence-electron chi connectivity index (χ4n) is 0.449. The summed E-state index contributed by atoms with van der Waals surface area (Å²) in [4.78, 5) is 9.89. The topological polar surface area (TPSA) is 26.3 Å². The zero-order chi connectivity index (χ0) is 4.57. The van der Waals surface area contributed by atoms with Crippen molar-refractivity contribution >= 4 is 5.97 Å². The van der Waals surface area contributed by atoms with Crippen molar-refractivity contribution in [3.05, 3.63) is 0 Å². The van der Waals surface area contributed by atoms with Gasteiger partial charge in [-0.2, -0.15) is 0 Å². The molecule has 1 unspecified atom stereocenters. The second-order valence-electron chi connectivity index (χ2n) is 1.50. The predicted octanol–water partition coefficient (Wildman–Crippen LogP) is 0.319. The van der Waals surface area contributed by atoms with Crippen LogP contribution in [0.25, 0.3) is 0 Å². The minimum atomic E-state index is -0.0671. The fraction of sp³-hybridized carbons (Fsp3) is 0.750. The maximum Gasteiger partial charge on any atom is 0.309 e. The number of carbonyl (C=O) groups is 1. The molecule has 1 aliphatic rings. The van der Waals surface area contributed by atoms with Gasteiger partial charge in [-0.25, -0.2) is 0 Å². The summed E-state index contributed by atoms with van der Waals surface area (Å²) in [5.41, 5.74) is 0. The maximum atomic E-state index is 9.89. The molecule has 0 aliphatic carbocycles. The number of rotatable bonds is 0. The van der Waals surface area contributed by atoms with E-state index in [9.17, 15) is 4.79 Å². The zero-order valence-corrected chi connectivity index (χ0v) is 4.98. The van der Waals surface area contributed by atoms with E-state index in [-0.39, 0.29) is 28.9 Å². The second kappa shape index (κ2) is 2.33. The summed E-state index contributed by atoms with van der Waals surface area (Å²) < 4.78 is 4.50. The number of cyclic esters (lactones) is 1. The second-order valence-corrected chi connectivity index (χ2v) is 1.50. The minimum absolute atomic E-state index is 0. The molecule has 0 N–H and O–H groups in total. The molecule has 0 amide bonds. The summed E-state index contributed by atoms with van der Waals surface area (Å²) in [5.74, 6) is -0.0671. The first-order valence-corrected chi connectivity index (χ1v) is 1.98. The van der Waals surface area contributed by atoms with Crippen molar-refractivity contribution in [3.63, 3.8) is 0 Å². The molecular formula is C4H6CoO2. The minimum Gasteiger partial charge on any atom is -0.462 e. The molecule has 0 aromatic heterocycles. The van der Waals surface area contributed by atoms with E-state index >= 15 is 0 Å². The molecule has 1 radical (unpaired) electrons. The van der Waals surface area contributed by atoms with Crippen molar-refractivity contribution in [1.82, 2.24) is 0 Å². The SMILES string of the molecule is CC1CC(=O)O1.[Co]. The first-order chi connectivity index (χ1) is 2.79. The average Bonchev–Trinajstić information content (AvgIpc) is 1.33. The van der Waals surface area contributed by atoms with Crippen LogP contribution in [0, 0.1) is 0 Å². The van der Waals surface area contributed by atoms with Gasteiger partial charge in [0.15, 0.2) is 0 Å². The normalized spacial score (nSPS) is 27.0. The molecule has 7 heavy (non-hydrogen) atoms. The quantitative estimate of drug-likeness (QED) is 0.459. The van der Waals surface area contributed by atoms with Gasteiger partial charge in [0.2, 0.25) is 0 Å². The van der Waals surface area contributed by atoms with E-state index in [1.807, 2.05) is 6.92 Å². The van der Waals surface area contributed by atoms with Crippen LogP contribution in [0.5, 0.6) is 0 Å². The van der Waals surface area contributed by atoms with Crippen LogP contribution < -0.4 is 0 Å². The average molecular weight is 145 g/mol. The molecule has 0 aromatic carbocycles. The van der Waals surface area contributed by atoms with Crippen molar-refractivity contribution in [2.45, 2.75) is 19.4 Å². The molecule has 0 saturated carbocycles. The van der Waals surface area contributed by atoms with Gasteiger partial charge in [-0.15, -0.1) is 0 Å². The van der Waals surface area contributed by atoms with Gasteiger partial charge in [0, 0.05) is 16.8 Å². The van der Waals surface area contributed by atoms with Crippen LogP contribution in [0.3, 0.4) is 0 Å². The van der Waals surface area contributed by atoms with Crippen LogP contribution in [0.15, 0.2) is 0 Å². The van der Waals surface area contributed by atoms with Crippen LogP contribution in [-0.2, 0) is 26.3 Å². The Kier molecular flexibility index (Phi) is 2.32. The third-order valence-electron chi connectivity index (χ3n) is 0.787. The number of esters is 1. The Morgan fingerprint density at radius 3 is 2.29 bits per heavy atom. The number of carbonyl (C=O) groups excluding carboxylic acids is 1. The maximum absolute atomic E-state index is 9.89. The third-order valence-corrected chi connectivity index (χ3v) is 0.787. The van der Waals surface area contributed by atoms with Gasteiger partial charge >= 0.3 is 5.97 Å². The van der Waals surface area contributed by atoms with Crippen molar-refractivity contribution in [3.8, 4) is 0 Å². The first kappa shape index (κ1) is 6.98. The molecule has 0 aromatic rings. The molecule has 1 aliphatic heterocycles. The molecule has 1 heterocycles. The van der Waals surface area contributed by atoms with Crippen LogP contribution >= 0.6 is 0 Å². The Bertz CT molecular complexity index is 73.8. The number of hydrogen-bond acceptors (Lipinski definition) is 2. The van der Waals surface area contributed by atoms with Crippen LogP contribution in [0.4, 0.5) is 0 Å². The Labute approximate surface area is 52.4 Å². The van der Waals surface area contributed by atoms with Gasteiger partial charge in [0.1, 0.15) is 6.10 Å². The monoisotopic (exact) mass is 145 g/mol. The molecule has 43 valence electrons. The van der Waals surface area contributed by atoms with Gasteiger partial charge in [-0.1, -0.05) is 0 Å². The summed E-state index contributed by atoms with van der Waals surface area (Å²) in [6.07, 6.45) is 0.803. The summed E-state index contributed by atoms with van der Waals surface area (Å²) in [6.45, 7) is 1.88. The van der Waals surface area contributed by atoms with E-state index in [0.29, 0.717) is 6.42 Å². The zero-order valence-electron chi connectivity index (χ0n) is 3.93. The van der Waals surface area contributed by atoms with Gasteiger partial charge in [0.05, 0.1) is 6.42 Å². The number of ether oxygens (including phenoxy) is 1. The molecule has 1 saturated heterocycles. The standard InChI is InChI=1S/C4H6O2.Co/c1-3-2-4(5)6-3;/h3H,2H2,1H3;. The van der Waals surface area contributed by atoms with Crippen LogP contribution in [0.1, 0.15) is 13.3 Å². The van der Waals surface area contributed by atoms with Gasteiger partial charge < -0.3 is 4.74 Å². The summed E-state index contributed by atoms with van der Waals surface area (Å²) >= 11 is 0. The first-order valence-electron chi connectivity index (χ1n) is 1.98. The Hall–Kier alpha value is -0.0235. The molecule has 1 rings (SSSR count). The molecule has 2 nitrogen and oxygen atoms in total. The molecule has 0 bridgehead atoms. The van der Waals surface area contributed by atoms with Gasteiger partial charge in [-0.3, -0.25) is 4.79 Å². The van der Waals surface area contributed by atoms with E-state index in [4.69, 9.17) is 0 Å². The van der Waals surface area contributed by atoms with Crippen molar-refractivity contribution in [1.29, 1.82) is 0 Å². The Balaban J connectivity index is 0.000000360. The van der Waals surface area contributed by atoms with E-state index < -0.39 is 0 Å². The summed E-state index contributed by atoms with van der Waals surface area (Å²) in [7, 11) is 0. The van der Waals surface area contributed by atoms with Gasteiger partial charge in [0.25, 0.3) is 0 Å². The largest absolute Gasteiger partial charge is 0.462 e. The molecule has 1 atom stereocenters. The summed E-state index contributed by atoms with van der Waals surface area (Å²) in [5, 5.41) is 0. The number of hydrogen-bond donors (Lipinski definition) is 0. The van der Waals surface area contributed by atoms with Crippen LogP contribution in [-0.4, -0.2) is 12.1 Å². The third kappa shape index (κ3) is 1.49. The van der Waals surface area contributed by atoms with Crippen molar-refractivity contribution in [2.24, 2.45) is 0 Å². The van der Waals surface area contributed by atoms with Crippen molar-refractivity contribution in [2.75, 3.05) is 0 Å². The predicted molar refractivity (Wildman–Crippen MR) is 20.2 cm³/mol. The molecular weight excluding hydrogens is 139 g/mol. The van der Waals surface area contributed by atoms with E-state index in [1.54, 1.807) is 0 Å². The van der Waals surface area contributed by atoms with E-state index in [2.05, 4.69) is 4.74 Å². The molecule has 3 heteroatoms. The molecule has 1 fully saturated rings. The Morgan fingerprint density at radius 2 is 2.29 bits per heavy atom. The van der Waals surface area contributed by atoms with E-state index in [1.165, 1.54) is 0 Å². The van der Waals surface area contributed by atoms with Crippen LogP contribution in [0.2, 0.25) is 0 Å². The van der Waals surface area contributed by atoms with Crippen molar-refractivity contribution < 1.29 is 26.3 Å².